The second-order valence-electron chi connectivity index (χ2n) is 7.13. The highest BCUT2D eigenvalue weighted by Crippen LogP contribution is 2.26. The van der Waals surface area contributed by atoms with Crippen molar-refractivity contribution in [1.29, 1.82) is 0 Å². The summed E-state index contributed by atoms with van der Waals surface area (Å²) < 4.78 is 6.58. The summed E-state index contributed by atoms with van der Waals surface area (Å²) in [7, 11) is 1.29. The van der Waals surface area contributed by atoms with Gasteiger partial charge in [-0.2, -0.15) is 0 Å². The Morgan fingerprint density at radius 2 is 1.83 bits per heavy atom. The lowest BCUT2D eigenvalue weighted by atomic mass is 9.99. The van der Waals surface area contributed by atoms with Crippen LogP contribution in [0, 0.1) is 10.1 Å². The summed E-state index contributed by atoms with van der Waals surface area (Å²) in [5.41, 5.74) is 1.26. The number of nitrogens with zero attached hydrogens (tertiary/aromatic N) is 2. The summed E-state index contributed by atoms with van der Waals surface area (Å²) in [6.45, 7) is 2.35. The fourth-order valence-electron chi connectivity index (χ4n) is 3.66. The minimum absolute atomic E-state index is 0.139. The molecule has 156 valence electrons. The average Bonchev–Trinajstić information content (AvgIpc) is 2.76. The number of pyridine rings is 1. The Labute approximate surface area is 174 Å². The van der Waals surface area contributed by atoms with Crippen molar-refractivity contribution in [2.45, 2.75) is 39.2 Å². The van der Waals surface area contributed by atoms with Gasteiger partial charge >= 0.3 is 5.97 Å². The zero-order chi connectivity index (χ0) is 21.7. The molecule has 0 saturated heterocycles. The molecule has 0 bridgehead atoms. The lowest BCUT2D eigenvalue weighted by molar-refractivity contribution is -0.384. The molecule has 0 fully saturated rings. The number of esters is 1. The van der Waals surface area contributed by atoms with Crippen LogP contribution >= 0.6 is 0 Å². The third-order valence-electron chi connectivity index (χ3n) is 5.16. The number of carbonyl (C=O) groups excluding carboxylic acids is 1. The Morgan fingerprint density at radius 1 is 1.10 bits per heavy atom. The highest BCUT2D eigenvalue weighted by Gasteiger charge is 2.24. The van der Waals surface area contributed by atoms with Gasteiger partial charge in [-0.25, -0.2) is 4.79 Å². The first-order valence-corrected chi connectivity index (χ1v) is 9.94. The molecular weight excluding hydrogens is 384 g/mol. The molecule has 1 aromatic heterocycles. The van der Waals surface area contributed by atoms with Crippen LogP contribution in [0.1, 0.15) is 47.8 Å². The number of hydrogen-bond donors (Lipinski definition) is 0. The summed E-state index contributed by atoms with van der Waals surface area (Å²) in [4.78, 5) is 36.9. The first-order chi connectivity index (χ1) is 14.5. The van der Waals surface area contributed by atoms with Gasteiger partial charge in [-0.3, -0.25) is 14.9 Å². The van der Waals surface area contributed by atoms with E-state index in [-0.39, 0.29) is 23.2 Å². The molecule has 30 heavy (non-hydrogen) atoms. The van der Waals surface area contributed by atoms with Crippen LogP contribution in [0.5, 0.6) is 0 Å². The van der Waals surface area contributed by atoms with E-state index >= 15 is 0 Å². The van der Waals surface area contributed by atoms with Gasteiger partial charge in [0.2, 0.25) is 0 Å². The molecule has 0 unspecified atom stereocenters. The van der Waals surface area contributed by atoms with Gasteiger partial charge in [0.05, 0.1) is 29.5 Å². The van der Waals surface area contributed by atoms with Gasteiger partial charge < -0.3 is 9.30 Å². The van der Waals surface area contributed by atoms with Crippen LogP contribution in [-0.4, -0.2) is 22.6 Å². The van der Waals surface area contributed by atoms with E-state index in [0.717, 1.165) is 24.8 Å². The third-order valence-corrected chi connectivity index (χ3v) is 5.16. The smallest absolute Gasteiger partial charge is 0.340 e. The van der Waals surface area contributed by atoms with E-state index in [9.17, 15) is 19.7 Å². The van der Waals surface area contributed by atoms with Gasteiger partial charge in [0.15, 0.2) is 0 Å². The molecule has 0 aliphatic heterocycles. The number of fused-ring (bicyclic) bond motifs is 1. The van der Waals surface area contributed by atoms with Crippen LogP contribution in [0.2, 0.25) is 0 Å². The zero-order valence-corrected chi connectivity index (χ0v) is 17.1. The van der Waals surface area contributed by atoms with Crippen molar-refractivity contribution in [3.8, 4) is 0 Å². The number of aromatic nitrogens is 1. The molecule has 3 rings (SSSR count). The number of methoxy groups -OCH3 is 1. The third kappa shape index (κ3) is 4.25. The van der Waals surface area contributed by atoms with Crippen molar-refractivity contribution in [3.63, 3.8) is 0 Å². The summed E-state index contributed by atoms with van der Waals surface area (Å²) in [6, 6.07) is 13.5. The quantitative estimate of drug-likeness (QED) is 0.237. The van der Waals surface area contributed by atoms with Crippen molar-refractivity contribution >= 4 is 22.4 Å². The molecule has 2 aromatic carbocycles. The Balaban J connectivity index is 2.33. The van der Waals surface area contributed by atoms with Crippen LogP contribution in [0.4, 0.5) is 5.69 Å². The topological polar surface area (TPSA) is 91.4 Å². The summed E-state index contributed by atoms with van der Waals surface area (Å²) in [5.74, 6) is -0.554. The summed E-state index contributed by atoms with van der Waals surface area (Å²) >= 11 is 0. The maximum Gasteiger partial charge on any atom is 0.340 e. The number of benzene rings is 2. The van der Waals surface area contributed by atoms with Crippen LogP contribution in [0.25, 0.3) is 10.8 Å². The molecule has 7 heteroatoms. The molecule has 0 aliphatic rings. The van der Waals surface area contributed by atoms with E-state index in [2.05, 4.69) is 6.92 Å². The zero-order valence-electron chi connectivity index (χ0n) is 17.1. The van der Waals surface area contributed by atoms with Crippen LogP contribution in [0.3, 0.4) is 0 Å². The number of non-ortho nitro benzene ring substituents is 1. The number of rotatable bonds is 8. The molecule has 0 N–H and O–H groups in total. The highest BCUT2D eigenvalue weighted by molar-refractivity contribution is 6.05. The number of ether oxygens (including phenoxy) is 1. The largest absolute Gasteiger partial charge is 0.465 e. The van der Waals surface area contributed by atoms with Crippen LogP contribution < -0.4 is 5.56 Å². The first kappa shape index (κ1) is 21.2. The first-order valence-electron chi connectivity index (χ1n) is 9.94. The fraction of sp³-hybridized carbons (Fsp3) is 0.304. The normalized spacial score (nSPS) is 10.9. The van der Waals surface area contributed by atoms with Crippen molar-refractivity contribution in [1.82, 2.24) is 4.57 Å². The number of carbonyl (C=O) groups is 1. The minimum atomic E-state index is -0.554. The molecule has 1 heterocycles. The van der Waals surface area contributed by atoms with Gasteiger partial charge in [-0.05, 0) is 24.5 Å². The molecule has 0 amide bonds. The summed E-state index contributed by atoms with van der Waals surface area (Å²) in [5, 5.41) is 11.8. The predicted octanol–water partition coefficient (Wildman–Crippen LogP) is 4.48. The van der Waals surface area contributed by atoms with Gasteiger partial charge in [0, 0.05) is 23.2 Å². The average molecular weight is 408 g/mol. The van der Waals surface area contributed by atoms with Gasteiger partial charge in [0.1, 0.15) is 0 Å². The van der Waals surface area contributed by atoms with Gasteiger partial charge in [-0.15, -0.1) is 0 Å². The van der Waals surface area contributed by atoms with Crippen molar-refractivity contribution < 1.29 is 14.5 Å². The van der Waals surface area contributed by atoms with E-state index in [1.165, 1.54) is 25.3 Å². The van der Waals surface area contributed by atoms with Crippen molar-refractivity contribution in [3.05, 3.63) is 85.8 Å². The van der Waals surface area contributed by atoms with Gasteiger partial charge in [0.25, 0.3) is 11.2 Å². The molecule has 0 aliphatic carbocycles. The van der Waals surface area contributed by atoms with Crippen LogP contribution in [-0.2, 0) is 17.7 Å². The Kier molecular flexibility index (Phi) is 6.61. The van der Waals surface area contributed by atoms with E-state index < -0.39 is 10.9 Å². The number of unbranched alkanes of at least 4 members (excludes halogenated alkanes) is 2. The second-order valence-corrected chi connectivity index (χ2v) is 7.13. The molecular formula is C23H24N2O5. The van der Waals surface area contributed by atoms with E-state index in [4.69, 9.17) is 4.74 Å². The molecule has 7 nitrogen and oxygen atoms in total. The van der Waals surface area contributed by atoms with Crippen molar-refractivity contribution in [2.75, 3.05) is 7.11 Å². The molecule has 3 aromatic rings. The number of hydrogen-bond acceptors (Lipinski definition) is 5. The summed E-state index contributed by atoms with van der Waals surface area (Å²) in [6.07, 6.45) is 3.30. The number of nitro groups is 1. The molecule has 0 saturated carbocycles. The maximum atomic E-state index is 13.4. The SMILES string of the molecule is CCCCCc1c(C(=O)OC)c2ccc([N+](=O)[O-])cc2c(=O)n1Cc1ccccc1. The lowest BCUT2D eigenvalue weighted by Crippen LogP contribution is -2.28. The maximum absolute atomic E-state index is 13.4. The van der Waals surface area contributed by atoms with Crippen molar-refractivity contribution in [2.24, 2.45) is 0 Å². The molecule has 0 radical (unpaired) electrons. The monoisotopic (exact) mass is 408 g/mol. The standard InChI is InChI=1S/C23H24N2O5/c1-3-4-6-11-20-21(23(27)30-2)18-13-12-17(25(28)29)14-19(18)22(26)24(20)15-16-9-7-5-8-10-16/h5,7-10,12-14H,3-4,6,11,15H2,1-2H3. The van der Waals surface area contributed by atoms with Crippen LogP contribution in [0.15, 0.2) is 53.3 Å². The second kappa shape index (κ2) is 9.35. The minimum Gasteiger partial charge on any atom is -0.465 e. The molecule has 0 atom stereocenters. The Hall–Kier alpha value is -3.48. The number of nitro benzene ring substituents is 1. The van der Waals surface area contributed by atoms with E-state index in [0.29, 0.717) is 23.1 Å². The van der Waals surface area contributed by atoms with E-state index in [1.54, 1.807) is 4.57 Å². The molecule has 0 spiro atoms. The fourth-order valence-corrected chi connectivity index (χ4v) is 3.66. The van der Waals surface area contributed by atoms with Gasteiger partial charge in [-0.1, -0.05) is 50.1 Å². The van der Waals surface area contributed by atoms with E-state index in [1.807, 2.05) is 30.3 Å². The predicted molar refractivity (Wildman–Crippen MR) is 115 cm³/mol. The highest BCUT2D eigenvalue weighted by atomic mass is 16.6. The Bertz CT molecular complexity index is 1140. The lowest BCUT2D eigenvalue weighted by Gasteiger charge is -2.19. The Morgan fingerprint density at radius 3 is 2.47 bits per heavy atom.